The molecule has 0 aromatic heterocycles. The lowest BCUT2D eigenvalue weighted by atomic mass is 10.2. The van der Waals surface area contributed by atoms with Gasteiger partial charge in [0.2, 0.25) is 0 Å². The Bertz CT molecular complexity index is 408. The van der Waals surface area contributed by atoms with E-state index in [1.165, 1.54) is 6.08 Å². The van der Waals surface area contributed by atoms with Gasteiger partial charge in [-0.15, -0.1) is 0 Å². The Morgan fingerprint density at radius 3 is 2.35 bits per heavy atom. The second-order valence-electron chi connectivity index (χ2n) is 4.66. The Hall–Kier alpha value is -1.83. The van der Waals surface area contributed by atoms with Gasteiger partial charge in [0.1, 0.15) is 5.60 Å². The number of allylic oxidation sites excluding steroid dienone is 2. The maximum Gasteiger partial charge on any atom is 0.331 e. The van der Waals surface area contributed by atoms with E-state index in [4.69, 9.17) is 4.74 Å². The number of benzene rings is 1. The lowest BCUT2D eigenvalue weighted by Crippen LogP contribution is -2.22. The Morgan fingerprint density at radius 2 is 1.76 bits per heavy atom. The highest BCUT2D eigenvalue weighted by Gasteiger charge is 2.13. The maximum atomic E-state index is 11.3. The fraction of sp³-hybridized carbons (Fsp3) is 0.267. The van der Waals surface area contributed by atoms with Gasteiger partial charge in [-0.1, -0.05) is 48.6 Å². The molecule has 0 saturated carbocycles. The normalized spacial score (nSPS) is 12.2. The largest absolute Gasteiger partial charge is 0.457 e. The molecule has 0 unspecified atom stereocenters. The second-order valence-corrected chi connectivity index (χ2v) is 4.66. The van der Waals surface area contributed by atoms with Gasteiger partial charge in [-0.3, -0.25) is 0 Å². The summed E-state index contributed by atoms with van der Waals surface area (Å²) >= 11 is 0. The molecule has 0 atom stereocenters. The van der Waals surface area contributed by atoms with Crippen LogP contribution in [0.15, 0.2) is 48.6 Å². The lowest BCUT2D eigenvalue weighted by Gasteiger charge is -2.17. The fourth-order valence-corrected chi connectivity index (χ4v) is 1.20. The Balaban J connectivity index is 2.46. The Labute approximate surface area is 103 Å². The smallest absolute Gasteiger partial charge is 0.331 e. The Kier molecular flexibility index (Phi) is 4.70. The summed E-state index contributed by atoms with van der Waals surface area (Å²) in [4.78, 5) is 11.3. The summed E-state index contributed by atoms with van der Waals surface area (Å²) in [5.74, 6) is -0.324. The molecule has 0 heterocycles. The van der Waals surface area contributed by atoms with E-state index < -0.39 is 5.60 Å². The van der Waals surface area contributed by atoms with Gasteiger partial charge in [-0.05, 0) is 26.3 Å². The van der Waals surface area contributed by atoms with Crippen molar-refractivity contribution in [2.45, 2.75) is 26.4 Å². The van der Waals surface area contributed by atoms with Crippen LogP contribution in [0.25, 0.3) is 6.08 Å². The van der Waals surface area contributed by atoms with Crippen LogP contribution < -0.4 is 0 Å². The molecule has 2 heteroatoms. The highest BCUT2D eigenvalue weighted by Crippen LogP contribution is 2.07. The molecule has 0 saturated heterocycles. The molecule has 2 nitrogen and oxygen atoms in total. The standard InChI is InChI=1S/C15H18O2/c1-15(2,3)17-14(16)12-8-7-11-13-9-5-4-6-10-13/h4-12H,1-3H3. The third kappa shape index (κ3) is 6.36. The van der Waals surface area contributed by atoms with Crippen molar-refractivity contribution in [2.75, 3.05) is 0 Å². The van der Waals surface area contributed by atoms with Gasteiger partial charge in [0.25, 0.3) is 0 Å². The number of rotatable bonds is 3. The van der Waals surface area contributed by atoms with Crippen LogP contribution in [-0.4, -0.2) is 11.6 Å². The molecule has 0 N–H and O–H groups in total. The first-order valence-corrected chi connectivity index (χ1v) is 5.60. The van der Waals surface area contributed by atoms with Crippen molar-refractivity contribution in [3.05, 3.63) is 54.1 Å². The SMILES string of the molecule is CC(C)(C)OC(=O)C=CC=Cc1ccccc1. The van der Waals surface area contributed by atoms with E-state index in [0.717, 1.165) is 5.56 Å². The second kappa shape index (κ2) is 6.04. The summed E-state index contributed by atoms with van der Waals surface area (Å²) in [6.07, 6.45) is 6.85. The average molecular weight is 230 g/mol. The van der Waals surface area contributed by atoms with E-state index in [-0.39, 0.29) is 5.97 Å². The first-order valence-electron chi connectivity index (χ1n) is 5.60. The van der Waals surface area contributed by atoms with E-state index in [0.29, 0.717) is 0 Å². The fourth-order valence-electron chi connectivity index (χ4n) is 1.20. The van der Waals surface area contributed by atoms with Crippen molar-refractivity contribution in [1.29, 1.82) is 0 Å². The minimum atomic E-state index is -0.440. The number of ether oxygens (including phenoxy) is 1. The topological polar surface area (TPSA) is 26.3 Å². The highest BCUT2D eigenvalue weighted by molar-refractivity contribution is 5.82. The first-order chi connectivity index (χ1) is 7.97. The predicted molar refractivity (Wildman–Crippen MR) is 70.5 cm³/mol. The summed E-state index contributed by atoms with van der Waals surface area (Å²) in [6.45, 7) is 5.54. The van der Waals surface area contributed by atoms with Crippen molar-refractivity contribution < 1.29 is 9.53 Å². The van der Waals surface area contributed by atoms with Crippen LogP contribution in [-0.2, 0) is 9.53 Å². The van der Waals surface area contributed by atoms with Crippen molar-refractivity contribution in [3.8, 4) is 0 Å². The van der Waals surface area contributed by atoms with Crippen molar-refractivity contribution in [1.82, 2.24) is 0 Å². The number of esters is 1. The highest BCUT2D eigenvalue weighted by atomic mass is 16.6. The van der Waals surface area contributed by atoms with Gasteiger partial charge in [0.15, 0.2) is 0 Å². The third-order valence-corrected chi connectivity index (χ3v) is 1.84. The number of hydrogen-bond acceptors (Lipinski definition) is 2. The number of carbonyl (C=O) groups excluding carboxylic acids is 1. The van der Waals surface area contributed by atoms with Gasteiger partial charge in [0, 0.05) is 6.08 Å². The molecular formula is C15H18O2. The summed E-state index contributed by atoms with van der Waals surface area (Å²) in [6, 6.07) is 9.90. The quantitative estimate of drug-likeness (QED) is 0.450. The van der Waals surface area contributed by atoms with Crippen LogP contribution in [0.3, 0.4) is 0 Å². The van der Waals surface area contributed by atoms with Crippen LogP contribution in [0, 0.1) is 0 Å². The van der Waals surface area contributed by atoms with Crippen LogP contribution in [0.2, 0.25) is 0 Å². The van der Waals surface area contributed by atoms with Gasteiger partial charge in [0.05, 0.1) is 0 Å². The first kappa shape index (κ1) is 13.2. The van der Waals surface area contributed by atoms with Crippen LogP contribution in [0.1, 0.15) is 26.3 Å². The molecule has 0 bridgehead atoms. The molecular weight excluding hydrogens is 212 g/mol. The van der Waals surface area contributed by atoms with Crippen LogP contribution in [0.5, 0.6) is 0 Å². The minimum absolute atomic E-state index is 0.324. The molecule has 0 fully saturated rings. The summed E-state index contributed by atoms with van der Waals surface area (Å²) in [5.41, 5.74) is 0.659. The molecule has 1 aromatic carbocycles. The van der Waals surface area contributed by atoms with E-state index >= 15 is 0 Å². The molecule has 90 valence electrons. The summed E-state index contributed by atoms with van der Waals surface area (Å²) in [7, 11) is 0. The predicted octanol–water partition coefficient (Wildman–Crippen LogP) is 3.60. The van der Waals surface area contributed by atoms with Gasteiger partial charge >= 0.3 is 5.97 Å². The number of hydrogen-bond donors (Lipinski definition) is 0. The van der Waals surface area contributed by atoms with Crippen molar-refractivity contribution in [2.24, 2.45) is 0 Å². The zero-order chi connectivity index (χ0) is 12.7. The molecule has 0 aliphatic rings. The van der Waals surface area contributed by atoms with Crippen LogP contribution >= 0.6 is 0 Å². The maximum absolute atomic E-state index is 11.3. The van der Waals surface area contributed by atoms with E-state index in [1.54, 1.807) is 6.08 Å². The van der Waals surface area contributed by atoms with Gasteiger partial charge in [-0.25, -0.2) is 4.79 Å². The van der Waals surface area contributed by atoms with Crippen LogP contribution in [0.4, 0.5) is 0 Å². The third-order valence-electron chi connectivity index (χ3n) is 1.84. The zero-order valence-electron chi connectivity index (χ0n) is 10.5. The molecule has 1 rings (SSSR count). The summed E-state index contributed by atoms with van der Waals surface area (Å²) in [5, 5.41) is 0. The average Bonchev–Trinajstić information content (AvgIpc) is 2.23. The van der Waals surface area contributed by atoms with Crippen molar-refractivity contribution >= 4 is 12.0 Å². The molecule has 0 aliphatic heterocycles. The van der Waals surface area contributed by atoms with E-state index in [2.05, 4.69) is 0 Å². The molecule has 0 aliphatic carbocycles. The van der Waals surface area contributed by atoms with Crippen molar-refractivity contribution in [3.63, 3.8) is 0 Å². The monoisotopic (exact) mass is 230 g/mol. The summed E-state index contributed by atoms with van der Waals surface area (Å²) < 4.78 is 5.13. The molecule has 17 heavy (non-hydrogen) atoms. The molecule has 0 amide bonds. The molecule has 1 aromatic rings. The number of carbonyl (C=O) groups is 1. The zero-order valence-corrected chi connectivity index (χ0v) is 10.5. The van der Waals surface area contributed by atoms with E-state index in [9.17, 15) is 4.79 Å². The van der Waals surface area contributed by atoms with Gasteiger partial charge < -0.3 is 4.74 Å². The minimum Gasteiger partial charge on any atom is -0.457 e. The molecule has 0 radical (unpaired) electrons. The lowest BCUT2D eigenvalue weighted by molar-refractivity contribution is -0.148. The Morgan fingerprint density at radius 1 is 1.12 bits per heavy atom. The van der Waals surface area contributed by atoms with E-state index in [1.807, 2.05) is 63.3 Å². The molecule has 0 spiro atoms. The van der Waals surface area contributed by atoms with Gasteiger partial charge in [-0.2, -0.15) is 0 Å².